The minimum Gasteiger partial charge on any atom is -0.423 e. The molecule has 1 aliphatic rings. The van der Waals surface area contributed by atoms with Crippen LogP contribution in [0.5, 0.6) is 5.75 Å². The average Bonchev–Trinajstić information content (AvgIpc) is 3.90. The highest BCUT2D eigenvalue weighted by Gasteiger charge is 2.53. The summed E-state index contributed by atoms with van der Waals surface area (Å²) in [7, 11) is -2.54. The van der Waals surface area contributed by atoms with Gasteiger partial charge in [0.25, 0.3) is 0 Å². The second kappa shape index (κ2) is 27.5. The second-order valence-corrected chi connectivity index (χ2v) is 20.9. The summed E-state index contributed by atoms with van der Waals surface area (Å²) in [6, 6.07) is 16.5. The first-order chi connectivity index (χ1) is 32.3. The first-order valence-corrected chi connectivity index (χ1v) is 26.4. The van der Waals surface area contributed by atoms with Gasteiger partial charge in [-0.05, 0) is 81.6 Å². The normalized spacial score (nSPS) is 18.1. The van der Waals surface area contributed by atoms with Gasteiger partial charge < -0.3 is 33.9 Å². The summed E-state index contributed by atoms with van der Waals surface area (Å²) in [5.74, 6) is -1.08. The van der Waals surface area contributed by atoms with Crippen molar-refractivity contribution in [2.75, 3.05) is 38.8 Å². The van der Waals surface area contributed by atoms with Gasteiger partial charge in [-0.25, -0.2) is 18.5 Å². The van der Waals surface area contributed by atoms with Crippen molar-refractivity contribution in [1.82, 2.24) is 14.6 Å². The molecule has 0 radical (unpaired) electrons. The number of nitrogen functional groups attached to an aromatic ring is 1. The molecule has 2 aromatic carbocycles. The van der Waals surface area contributed by atoms with Crippen LogP contribution in [0.25, 0.3) is 5.52 Å². The summed E-state index contributed by atoms with van der Waals surface area (Å²) in [6.07, 6.45) is 19.9. The number of hydrogen-bond acceptors (Lipinski definition) is 12. The van der Waals surface area contributed by atoms with E-state index in [0.29, 0.717) is 29.2 Å². The molecule has 3 heterocycles. The number of nitriles is 1. The molecule has 0 amide bonds. The molecule has 67 heavy (non-hydrogen) atoms. The number of fused-ring (bicyclic) bond motifs is 1. The molecule has 2 N–H and O–H groups in total. The number of ether oxygens (including phenoxy) is 5. The number of aromatic nitrogens is 3. The highest BCUT2D eigenvalue weighted by Crippen LogP contribution is 2.53. The minimum absolute atomic E-state index is 0.00102. The summed E-state index contributed by atoms with van der Waals surface area (Å²) < 4.78 is 75.3. The lowest BCUT2D eigenvalue weighted by Gasteiger charge is -2.36. The van der Waals surface area contributed by atoms with Crippen LogP contribution in [0, 0.1) is 17.1 Å². The van der Waals surface area contributed by atoms with Crippen molar-refractivity contribution in [2.45, 2.75) is 173 Å². The zero-order valence-corrected chi connectivity index (χ0v) is 42.0. The molecule has 2 aromatic heterocycles. The maximum Gasteiger partial charge on any atom is 0.379 e. The van der Waals surface area contributed by atoms with Crippen LogP contribution in [0.2, 0.25) is 5.02 Å². The third-order valence-electron chi connectivity index (χ3n) is 12.3. The highest BCUT2D eigenvalue weighted by molar-refractivity contribution is 7.54. The number of methoxy groups -OCH3 is 1. The van der Waals surface area contributed by atoms with Crippen molar-refractivity contribution >= 4 is 30.5 Å². The zero-order chi connectivity index (χ0) is 48.1. The molecule has 0 aliphatic carbocycles. The fourth-order valence-corrected chi connectivity index (χ4v) is 10.4. The minimum atomic E-state index is -4.07. The number of nitrogens with zero attached hydrogens (tertiary/aromatic N) is 4. The number of unbranched alkanes of at least 4 members (excludes halogenated alkanes) is 15. The quantitative estimate of drug-likeness (QED) is 0.0356. The molecule has 1 unspecified atom stereocenters. The van der Waals surface area contributed by atoms with Gasteiger partial charge in [-0.2, -0.15) is 10.4 Å². The van der Waals surface area contributed by atoms with Gasteiger partial charge in [-0.3, -0.25) is 4.52 Å². The van der Waals surface area contributed by atoms with Crippen LogP contribution in [0.3, 0.4) is 0 Å². The van der Waals surface area contributed by atoms with E-state index in [4.69, 9.17) is 50.1 Å². The molecule has 13 nitrogen and oxygen atoms in total. The Morgan fingerprint density at radius 3 is 2.25 bits per heavy atom. The van der Waals surface area contributed by atoms with Crippen molar-refractivity contribution in [3.63, 3.8) is 0 Å². The van der Waals surface area contributed by atoms with E-state index in [1.807, 2.05) is 18.2 Å². The van der Waals surface area contributed by atoms with Crippen molar-refractivity contribution in [3.8, 4) is 11.8 Å². The SMILES string of the molecule is CCCCCCCCCCCCCCCCCCOC[C@H](CCP(=O)(OC[C@@](C)(OC)[C@H]1OC(C)(C)O[C@H]1c1ccc2c(N)ncnn12)Oc1ccccc1Cl)OCc1cc(F)cc(C#N)c1. The fourth-order valence-electron chi connectivity index (χ4n) is 8.40. The molecular weight excluding hydrogens is 896 g/mol. The van der Waals surface area contributed by atoms with Crippen LogP contribution >= 0.6 is 19.2 Å². The average molecular weight is 971 g/mol. The van der Waals surface area contributed by atoms with Crippen LogP contribution in [-0.4, -0.2) is 71.3 Å². The van der Waals surface area contributed by atoms with E-state index < -0.39 is 43.1 Å². The van der Waals surface area contributed by atoms with Crippen LogP contribution in [0.15, 0.2) is 60.9 Å². The lowest BCUT2D eigenvalue weighted by molar-refractivity contribution is -0.179. The number of rotatable bonds is 33. The van der Waals surface area contributed by atoms with E-state index in [-0.39, 0.29) is 48.7 Å². The molecule has 0 bridgehead atoms. The second-order valence-electron chi connectivity index (χ2n) is 18.4. The summed E-state index contributed by atoms with van der Waals surface area (Å²) in [4.78, 5) is 4.11. The molecule has 1 fully saturated rings. The van der Waals surface area contributed by atoms with Gasteiger partial charge in [-0.15, -0.1) is 0 Å². The van der Waals surface area contributed by atoms with Gasteiger partial charge in [0.1, 0.15) is 41.2 Å². The van der Waals surface area contributed by atoms with Crippen LogP contribution < -0.4 is 10.3 Å². The monoisotopic (exact) mass is 969 g/mol. The van der Waals surface area contributed by atoms with Gasteiger partial charge in [0.15, 0.2) is 11.6 Å². The number of nitrogens with two attached hydrogens (primary N) is 1. The van der Waals surface area contributed by atoms with E-state index in [9.17, 15) is 9.65 Å². The van der Waals surface area contributed by atoms with E-state index in [1.165, 1.54) is 109 Å². The Balaban J connectivity index is 1.20. The highest BCUT2D eigenvalue weighted by atomic mass is 35.5. The Morgan fingerprint density at radius 1 is 0.955 bits per heavy atom. The van der Waals surface area contributed by atoms with Crippen LogP contribution in [0.1, 0.15) is 160 Å². The van der Waals surface area contributed by atoms with Crippen LogP contribution in [-0.2, 0) is 39.4 Å². The molecule has 5 atom stereocenters. The third kappa shape index (κ3) is 17.4. The van der Waals surface area contributed by atoms with Crippen molar-refractivity contribution in [1.29, 1.82) is 5.26 Å². The maximum atomic E-state index is 15.1. The maximum absolute atomic E-state index is 15.1. The molecule has 1 saturated heterocycles. The number of para-hydroxylation sites is 1. The molecular formula is C51H74ClFN5O8P. The molecule has 0 spiro atoms. The van der Waals surface area contributed by atoms with Crippen molar-refractivity contribution in [3.05, 3.63) is 88.6 Å². The van der Waals surface area contributed by atoms with Gasteiger partial charge >= 0.3 is 7.60 Å². The lowest BCUT2D eigenvalue weighted by atomic mass is 9.93. The number of benzene rings is 2. The third-order valence-corrected chi connectivity index (χ3v) is 14.4. The Hall–Kier alpha value is -3.64. The van der Waals surface area contributed by atoms with E-state index >= 15 is 4.57 Å². The Bertz CT molecular complexity index is 2190. The first kappa shape index (κ1) is 54.3. The predicted molar refractivity (Wildman–Crippen MR) is 261 cm³/mol. The van der Waals surface area contributed by atoms with Gasteiger partial charge in [-0.1, -0.05) is 127 Å². The smallest absolute Gasteiger partial charge is 0.379 e. The molecule has 5 rings (SSSR count). The summed E-state index contributed by atoms with van der Waals surface area (Å²) in [5.41, 5.74) is 6.84. The number of anilines is 1. The Morgan fingerprint density at radius 2 is 1.61 bits per heavy atom. The zero-order valence-electron chi connectivity index (χ0n) is 40.4. The summed E-state index contributed by atoms with van der Waals surface area (Å²) >= 11 is 6.54. The van der Waals surface area contributed by atoms with E-state index in [1.54, 1.807) is 55.6 Å². The Kier molecular flexibility index (Phi) is 22.3. The molecule has 370 valence electrons. The van der Waals surface area contributed by atoms with Crippen LogP contribution in [0.4, 0.5) is 10.2 Å². The molecule has 4 aromatic rings. The number of hydrogen-bond donors (Lipinski definition) is 1. The fraction of sp³-hybridized carbons (Fsp3) is 0.627. The standard InChI is InChI=1S/C51H74ClFN5O8P/c1-6-7-8-9-10-11-12-13-14-15-16-17-18-19-20-23-29-61-36-42(62-35-40-31-39(34-54)32-41(53)33-40)28-30-67(59,66-46-25-22-21-24-43(46)52)63-37-51(4,60-5)48-47(64-50(2,3)65-48)44-26-27-45-49(55)56-38-57-58(44)45/h21-22,24-27,31-33,38,42,47-48H,6-20,23,28-30,35-37H2,1-5H3,(H2,55,56,57)/t42-,47-,48-,51+,67?/m0/s1. The van der Waals surface area contributed by atoms with Gasteiger partial charge in [0.2, 0.25) is 0 Å². The Labute approximate surface area is 403 Å². The summed E-state index contributed by atoms with van der Waals surface area (Å²) in [5, 5.41) is 14.1. The van der Waals surface area contributed by atoms with Crippen molar-refractivity contribution in [2.24, 2.45) is 0 Å². The molecule has 1 aliphatic heterocycles. The van der Waals surface area contributed by atoms with Gasteiger partial charge in [0.05, 0.1) is 54.4 Å². The predicted octanol–water partition coefficient (Wildman–Crippen LogP) is 13.1. The van der Waals surface area contributed by atoms with Crippen molar-refractivity contribution < 1.29 is 41.7 Å². The molecule has 16 heteroatoms. The largest absolute Gasteiger partial charge is 0.423 e. The lowest BCUT2D eigenvalue weighted by Crippen LogP contribution is -2.48. The summed E-state index contributed by atoms with van der Waals surface area (Å²) in [6.45, 7) is 8.13. The molecule has 0 saturated carbocycles. The van der Waals surface area contributed by atoms with E-state index in [0.717, 1.165) is 19.3 Å². The van der Waals surface area contributed by atoms with E-state index in [2.05, 4.69) is 17.0 Å². The van der Waals surface area contributed by atoms with Gasteiger partial charge in [0, 0.05) is 13.7 Å². The first-order valence-electron chi connectivity index (χ1n) is 24.3. The topological polar surface area (TPSA) is 162 Å². The number of halogens is 2.